The molecule has 0 heterocycles. The van der Waals surface area contributed by atoms with E-state index in [2.05, 4.69) is 5.32 Å². The molecule has 2 aromatic rings. The molecule has 0 spiro atoms. The maximum atomic E-state index is 11.9. The van der Waals surface area contributed by atoms with Gasteiger partial charge in [0.15, 0.2) is 0 Å². The van der Waals surface area contributed by atoms with E-state index >= 15 is 0 Å². The lowest BCUT2D eigenvalue weighted by atomic mass is 10.1. The molecule has 0 atom stereocenters. The number of carbonyl (C=O) groups is 1. The van der Waals surface area contributed by atoms with Gasteiger partial charge in [-0.2, -0.15) is 0 Å². The molecule has 3 N–H and O–H groups in total. The van der Waals surface area contributed by atoms with Crippen LogP contribution in [0.3, 0.4) is 0 Å². The van der Waals surface area contributed by atoms with Crippen molar-refractivity contribution in [3.8, 4) is 11.5 Å². The number of amides is 1. The molecule has 23 heavy (non-hydrogen) atoms. The second kappa shape index (κ2) is 8.08. The van der Waals surface area contributed by atoms with Crippen LogP contribution in [0.1, 0.15) is 11.1 Å². The van der Waals surface area contributed by atoms with Crippen LogP contribution in [0.2, 0.25) is 0 Å². The van der Waals surface area contributed by atoms with E-state index in [4.69, 9.17) is 15.2 Å². The summed E-state index contributed by atoms with van der Waals surface area (Å²) in [6.45, 7) is 2.80. The number of carbonyl (C=O) groups excluding carboxylic acids is 1. The molecule has 0 fully saturated rings. The number of hydrogen-bond donors (Lipinski definition) is 2. The van der Waals surface area contributed by atoms with Crippen molar-refractivity contribution in [3.63, 3.8) is 0 Å². The highest BCUT2D eigenvalue weighted by Gasteiger charge is 2.04. The number of benzene rings is 2. The minimum Gasteiger partial charge on any atom is -0.497 e. The third-order valence-electron chi connectivity index (χ3n) is 3.46. The van der Waals surface area contributed by atoms with Crippen molar-refractivity contribution in [2.45, 2.75) is 13.3 Å². The van der Waals surface area contributed by atoms with Crippen LogP contribution in [0.4, 0.5) is 5.69 Å². The lowest BCUT2D eigenvalue weighted by molar-refractivity contribution is -0.120. The average Bonchev–Trinajstić information content (AvgIpc) is 2.55. The van der Waals surface area contributed by atoms with Crippen LogP contribution < -0.4 is 20.5 Å². The summed E-state index contributed by atoms with van der Waals surface area (Å²) < 4.78 is 10.7. The van der Waals surface area contributed by atoms with Gasteiger partial charge >= 0.3 is 0 Å². The molecule has 0 bridgehead atoms. The molecule has 0 saturated carbocycles. The number of rotatable bonds is 7. The summed E-state index contributed by atoms with van der Waals surface area (Å²) in [5.41, 5.74) is 8.42. The molecular weight excluding hydrogens is 292 g/mol. The van der Waals surface area contributed by atoms with Crippen molar-refractivity contribution in [1.29, 1.82) is 0 Å². The zero-order chi connectivity index (χ0) is 16.7. The number of methoxy groups -OCH3 is 1. The van der Waals surface area contributed by atoms with E-state index in [0.717, 1.165) is 28.3 Å². The number of anilines is 1. The Morgan fingerprint density at radius 2 is 1.83 bits per heavy atom. The standard InChI is InChI=1S/C18H22N2O3/c1-13-11-16(7-8-17(13)19)23-10-9-20-18(21)12-14-3-5-15(22-2)6-4-14/h3-8,11H,9-10,12,19H2,1-2H3,(H,20,21). The maximum Gasteiger partial charge on any atom is 0.224 e. The molecule has 1 amide bonds. The molecule has 2 rings (SSSR count). The summed E-state index contributed by atoms with van der Waals surface area (Å²) >= 11 is 0. The van der Waals surface area contributed by atoms with Gasteiger partial charge in [0.05, 0.1) is 20.1 Å². The summed E-state index contributed by atoms with van der Waals surface area (Å²) in [5.74, 6) is 1.50. The third kappa shape index (κ3) is 5.21. The van der Waals surface area contributed by atoms with Gasteiger partial charge in [-0.05, 0) is 48.4 Å². The fourth-order valence-corrected chi connectivity index (χ4v) is 2.09. The molecule has 0 aliphatic rings. The van der Waals surface area contributed by atoms with Gasteiger partial charge in [0.25, 0.3) is 0 Å². The van der Waals surface area contributed by atoms with E-state index in [1.807, 2.05) is 49.4 Å². The first kappa shape index (κ1) is 16.7. The number of nitrogen functional groups attached to an aromatic ring is 1. The number of nitrogens with one attached hydrogen (secondary N) is 1. The van der Waals surface area contributed by atoms with E-state index in [9.17, 15) is 4.79 Å². The molecule has 0 aromatic heterocycles. The van der Waals surface area contributed by atoms with Gasteiger partial charge in [-0.3, -0.25) is 4.79 Å². The van der Waals surface area contributed by atoms with E-state index in [0.29, 0.717) is 19.6 Å². The van der Waals surface area contributed by atoms with E-state index < -0.39 is 0 Å². The first-order valence-electron chi connectivity index (χ1n) is 7.47. The molecule has 2 aromatic carbocycles. The van der Waals surface area contributed by atoms with E-state index in [1.165, 1.54) is 0 Å². The van der Waals surface area contributed by atoms with Gasteiger partial charge in [-0.15, -0.1) is 0 Å². The zero-order valence-corrected chi connectivity index (χ0v) is 13.5. The highest BCUT2D eigenvalue weighted by atomic mass is 16.5. The highest BCUT2D eigenvalue weighted by Crippen LogP contribution is 2.18. The molecule has 5 heteroatoms. The maximum absolute atomic E-state index is 11.9. The summed E-state index contributed by atoms with van der Waals surface area (Å²) in [6.07, 6.45) is 0.338. The van der Waals surface area contributed by atoms with Gasteiger partial charge in [0.2, 0.25) is 5.91 Å². The highest BCUT2D eigenvalue weighted by molar-refractivity contribution is 5.78. The number of hydrogen-bond acceptors (Lipinski definition) is 4. The van der Waals surface area contributed by atoms with Gasteiger partial charge in [0, 0.05) is 5.69 Å². The molecule has 5 nitrogen and oxygen atoms in total. The third-order valence-corrected chi connectivity index (χ3v) is 3.46. The predicted molar refractivity (Wildman–Crippen MR) is 90.8 cm³/mol. The van der Waals surface area contributed by atoms with E-state index in [1.54, 1.807) is 7.11 Å². The topological polar surface area (TPSA) is 73.6 Å². The van der Waals surface area contributed by atoms with Crippen LogP contribution in [0.15, 0.2) is 42.5 Å². The van der Waals surface area contributed by atoms with E-state index in [-0.39, 0.29) is 5.91 Å². The Morgan fingerprint density at radius 3 is 2.48 bits per heavy atom. The van der Waals surface area contributed by atoms with Crippen molar-refractivity contribution in [2.75, 3.05) is 26.0 Å². The van der Waals surface area contributed by atoms with Crippen LogP contribution in [0.5, 0.6) is 11.5 Å². The van der Waals surface area contributed by atoms with Gasteiger partial charge in [-0.1, -0.05) is 12.1 Å². The quantitative estimate of drug-likeness (QED) is 0.607. The molecule has 0 radical (unpaired) electrons. The fraction of sp³-hybridized carbons (Fsp3) is 0.278. The molecule has 122 valence electrons. The normalized spacial score (nSPS) is 10.2. The Morgan fingerprint density at radius 1 is 1.13 bits per heavy atom. The average molecular weight is 314 g/mol. The second-order valence-corrected chi connectivity index (χ2v) is 5.24. The van der Waals surface area contributed by atoms with Gasteiger partial charge in [-0.25, -0.2) is 0 Å². The summed E-state index contributed by atoms with van der Waals surface area (Å²) in [7, 11) is 1.62. The monoisotopic (exact) mass is 314 g/mol. The lowest BCUT2D eigenvalue weighted by Gasteiger charge is -2.09. The Balaban J connectivity index is 1.70. The molecule has 0 unspecified atom stereocenters. The summed E-state index contributed by atoms with van der Waals surface area (Å²) in [6, 6.07) is 13.0. The summed E-state index contributed by atoms with van der Waals surface area (Å²) in [5, 5.41) is 2.84. The fourth-order valence-electron chi connectivity index (χ4n) is 2.09. The number of aryl methyl sites for hydroxylation is 1. The van der Waals surface area contributed by atoms with Crippen LogP contribution >= 0.6 is 0 Å². The van der Waals surface area contributed by atoms with Crippen molar-refractivity contribution in [2.24, 2.45) is 0 Å². The van der Waals surface area contributed by atoms with Gasteiger partial charge < -0.3 is 20.5 Å². The minimum absolute atomic E-state index is 0.0350. The summed E-state index contributed by atoms with van der Waals surface area (Å²) in [4.78, 5) is 11.9. The lowest BCUT2D eigenvalue weighted by Crippen LogP contribution is -2.29. The first-order chi connectivity index (χ1) is 11.1. The molecule has 0 aliphatic carbocycles. The molecular formula is C18H22N2O3. The Hall–Kier alpha value is -2.69. The van der Waals surface area contributed by atoms with Crippen LogP contribution in [0.25, 0.3) is 0 Å². The molecule has 0 aliphatic heterocycles. The first-order valence-corrected chi connectivity index (χ1v) is 7.47. The SMILES string of the molecule is COc1ccc(CC(=O)NCCOc2ccc(N)c(C)c2)cc1. The predicted octanol–water partition coefficient (Wildman–Crippen LogP) is 2.32. The second-order valence-electron chi connectivity index (χ2n) is 5.24. The zero-order valence-electron chi connectivity index (χ0n) is 13.5. The minimum atomic E-state index is -0.0350. The largest absolute Gasteiger partial charge is 0.497 e. The van der Waals surface area contributed by atoms with Crippen molar-refractivity contribution < 1.29 is 14.3 Å². The van der Waals surface area contributed by atoms with Gasteiger partial charge in [0.1, 0.15) is 18.1 Å². The van der Waals surface area contributed by atoms with Crippen LogP contribution in [-0.4, -0.2) is 26.2 Å². The Kier molecular flexibility index (Phi) is 5.86. The Bertz CT molecular complexity index is 654. The van der Waals surface area contributed by atoms with Crippen molar-refractivity contribution >= 4 is 11.6 Å². The van der Waals surface area contributed by atoms with Crippen LogP contribution in [0, 0.1) is 6.92 Å². The smallest absolute Gasteiger partial charge is 0.224 e. The van der Waals surface area contributed by atoms with Crippen molar-refractivity contribution in [1.82, 2.24) is 5.32 Å². The Labute approximate surface area is 136 Å². The van der Waals surface area contributed by atoms with Crippen molar-refractivity contribution in [3.05, 3.63) is 53.6 Å². The molecule has 0 saturated heterocycles. The van der Waals surface area contributed by atoms with Crippen LogP contribution in [-0.2, 0) is 11.2 Å². The number of nitrogens with two attached hydrogens (primary N) is 1. The number of ether oxygens (including phenoxy) is 2.